The number of aromatic carboxylic acids is 1. The molecular formula is C16H16O3. The van der Waals surface area contributed by atoms with Crippen LogP contribution >= 0.6 is 0 Å². The predicted octanol–water partition coefficient (Wildman–Crippen LogP) is 3.31. The molecule has 0 aliphatic carbocycles. The molecule has 0 fully saturated rings. The summed E-state index contributed by atoms with van der Waals surface area (Å²) in [5.41, 5.74) is 2.13. The highest BCUT2D eigenvalue weighted by molar-refractivity contribution is 5.92. The molecule has 0 heterocycles. The number of benzene rings is 2. The lowest BCUT2D eigenvalue weighted by Gasteiger charge is -2.10. The van der Waals surface area contributed by atoms with Crippen LogP contribution in [0.25, 0.3) is 0 Å². The Bertz CT molecular complexity index is 561. The van der Waals surface area contributed by atoms with Crippen LogP contribution in [0.15, 0.2) is 48.5 Å². The van der Waals surface area contributed by atoms with E-state index in [0.29, 0.717) is 17.9 Å². The Morgan fingerprint density at radius 1 is 1.11 bits per heavy atom. The van der Waals surface area contributed by atoms with Gasteiger partial charge in [-0.15, -0.1) is 0 Å². The van der Waals surface area contributed by atoms with Gasteiger partial charge >= 0.3 is 5.97 Å². The highest BCUT2D eigenvalue weighted by Crippen LogP contribution is 2.22. The lowest BCUT2D eigenvalue weighted by molar-refractivity contribution is 0.0691. The van der Waals surface area contributed by atoms with Gasteiger partial charge in [-0.05, 0) is 24.1 Å². The number of hydrogen-bond donors (Lipinski definition) is 1. The SMILES string of the molecule is Cc1cccc(OCCc2ccccc2)c1C(=O)O. The fourth-order valence-corrected chi connectivity index (χ4v) is 1.96. The van der Waals surface area contributed by atoms with Crippen molar-refractivity contribution in [2.45, 2.75) is 13.3 Å². The molecule has 98 valence electrons. The van der Waals surface area contributed by atoms with Crippen LogP contribution in [0.5, 0.6) is 5.75 Å². The summed E-state index contributed by atoms with van der Waals surface area (Å²) < 4.78 is 5.60. The molecule has 0 amide bonds. The van der Waals surface area contributed by atoms with Crippen LogP contribution < -0.4 is 4.74 Å². The molecule has 19 heavy (non-hydrogen) atoms. The molecule has 2 rings (SSSR count). The summed E-state index contributed by atoms with van der Waals surface area (Å²) in [6.45, 7) is 2.24. The maximum atomic E-state index is 11.2. The molecule has 0 spiro atoms. The molecule has 0 atom stereocenters. The minimum Gasteiger partial charge on any atom is -0.492 e. The maximum Gasteiger partial charge on any atom is 0.339 e. The number of carbonyl (C=O) groups is 1. The Labute approximate surface area is 112 Å². The van der Waals surface area contributed by atoms with E-state index in [4.69, 9.17) is 4.74 Å². The van der Waals surface area contributed by atoms with Gasteiger partial charge in [0.1, 0.15) is 11.3 Å². The quantitative estimate of drug-likeness (QED) is 0.892. The molecule has 0 aliphatic rings. The van der Waals surface area contributed by atoms with Gasteiger partial charge < -0.3 is 9.84 Å². The highest BCUT2D eigenvalue weighted by atomic mass is 16.5. The molecule has 0 radical (unpaired) electrons. The van der Waals surface area contributed by atoms with Gasteiger partial charge in [0, 0.05) is 6.42 Å². The molecule has 2 aromatic carbocycles. The Balaban J connectivity index is 2.04. The standard InChI is InChI=1S/C16H16O3/c1-12-6-5-9-14(15(12)16(17)18)19-11-10-13-7-3-2-4-8-13/h2-9H,10-11H2,1H3,(H,17,18). The summed E-state index contributed by atoms with van der Waals surface area (Å²) >= 11 is 0. The van der Waals surface area contributed by atoms with Crippen molar-refractivity contribution in [2.75, 3.05) is 6.61 Å². The van der Waals surface area contributed by atoms with Gasteiger partial charge in [0.05, 0.1) is 6.61 Å². The molecule has 0 aromatic heterocycles. The zero-order chi connectivity index (χ0) is 13.7. The fraction of sp³-hybridized carbons (Fsp3) is 0.188. The van der Waals surface area contributed by atoms with Crippen molar-refractivity contribution in [3.63, 3.8) is 0 Å². The van der Waals surface area contributed by atoms with E-state index in [2.05, 4.69) is 0 Å². The Morgan fingerprint density at radius 3 is 2.53 bits per heavy atom. The minimum absolute atomic E-state index is 0.246. The number of carboxylic acids is 1. The third-order valence-corrected chi connectivity index (χ3v) is 2.94. The highest BCUT2D eigenvalue weighted by Gasteiger charge is 2.13. The van der Waals surface area contributed by atoms with Crippen LogP contribution in [0.3, 0.4) is 0 Å². The van der Waals surface area contributed by atoms with Crippen molar-refractivity contribution in [1.29, 1.82) is 0 Å². The van der Waals surface area contributed by atoms with Crippen molar-refractivity contribution < 1.29 is 14.6 Å². The topological polar surface area (TPSA) is 46.5 Å². The average molecular weight is 256 g/mol. The fourth-order valence-electron chi connectivity index (χ4n) is 1.96. The molecule has 0 saturated carbocycles. The average Bonchev–Trinajstić information content (AvgIpc) is 2.39. The normalized spacial score (nSPS) is 10.2. The second kappa shape index (κ2) is 6.05. The number of hydrogen-bond acceptors (Lipinski definition) is 2. The van der Waals surface area contributed by atoms with Crippen LogP contribution in [0, 0.1) is 6.92 Å². The lowest BCUT2D eigenvalue weighted by Crippen LogP contribution is -2.07. The Morgan fingerprint density at radius 2 is 1.84 bits per heavy atom. The molecular weight excluding hydrogens is 240 g/mol. The van der Waals surface area contributed by atoms with E-state index < -0.39 is 5.97 Å². The third kappa shape index (κ3) is 3.35. The Kier molecular flexibility index (Phi) is 4.18. The van der Waals surface area contributed by atoms with Gasteiger partial charge in [-0.1, -0.05) is 42.5 Å². The summed E-state index contributed by atoms with van der Waals surface area (Å²) in [7, 11) is 0. The van der Waals surface area contributed by atoms with E-state index >= 15 is 0 Å². The number of ether oxygens (including phenoxy) is 1. The van der Waals surface area contributed by atoms with E-state index in [1.54, 1.807) is 25.1 Å². The van der Waals surface area contributed by atoms with Crippen LogP contribution in [-0.4, -0.2) is 17.7 Å². The second-order valence-corrected chi connectivity index (χ2v) is 4.34. The summed E-state index contributed by atoms with van der Waals surface area (Å²) in [4.78, 5) is 11.2. The maximum absolute atomic E-state index is 11.2. The monoisotopic (exact) mass is 256 g/mol. The van der Waals surface area contributed by atoms with E-state index in [1.807, 2.05) is 30.3 Å². The molecule has 1 N–H and O–H groups in total. The molecule has 0 saturated heterocycles. The van der Waals surface area contributed by atoms with Crippen LogP contribution in [0.2, 0.25) is 0 Å². The summed E-state index contributed by atoms with van der Waals surface area (Å²) in [6, 6.07) is 15.2. The first-order valence-corrected chi connectivity index (χ1v) is 6.18. The summed E-state index contributed by atoms with van der Waals surface area (Å²) in [5.74, 6) is -0.517. The van der Waals surface area contributed by atoms with Gasteiger partial charge in [0.25, 0.3) is 0 Å². The van der Waals surface area contributed by atoms with Gasteiger partial charge in [0.2, 0.25) is 0 Å². The second-order valence-electron chi connectivity index (χ2n) is 4.34. The zero-order valence-electron chi connectivity index (χ0n) is 10.8. The van der Waals surface area contributed by atoms with Crippen LogP contribution in [0.1, 0.15) is 21.5 Å². The van der Waals surface area contributed by atoms with Crippen molar-refractivity contribution in [2.24, 2.45) is 0 Å². The smallest absolute Gasteiger partial charge is 0.339 e. The summed E-state index contributed by atoms with van der Waals surface area (Å²) in [5, 5.41) is 9.18. The van der Waals surface area contributed by atoms with Gasteiger partial charge in [0.15, 0.2) is 0 Å². The molecule has 0 unspecified atom stereocenters. The zero-order valence-corrected chi connectivity index (χ0v) is 10.8. The van der Waals surface area contributed by atoms with E-state index in [9.17, 15) is 9.90 Å². The lowest BCUT2D eigenvalue weighted by atomic mass is 10.1. The molecule has 0 bridgehead atoms. The van der Waals surface area contributed by atoms with Crippen LogP contribution in [0.4, 0.5) is 0 Å². The first-order chi connectivity index (χ1) is 9.18. The molecule has 3 heteroatoms. The first-order valence-electron chi connectivity index (χ1n) is 6.18. The summed E-state index contributed by atoms with van der Waals surface area (Å²) in [6.07, 6.45) is 0.758. The van der Waals surface area contributed by atoms with Crippen molar-refractivity contribution in [1.82, 2.24) is 0 Å². The van der Waals surface area contributed by atoms with E-state index in [0.717, 1.165) is 6.42 Å². The number of carboxylic acid groups (broad SMARTS) is 1. The Hall–Kier alpha value is -2.29. The van der Waals surface area contributed by atoms with Crippen LogP contribution in [-0.2, 0) is 6.42 Å². The van der Waals surface area contributed by atoms with Gasteiger partial charge in [-0.25, -0.2) is 4.79 Å². The van der Waals surface area contributed by atoms with E-state index in [-0.39, 0.29) is 5.56 Å². The van der Waals surface area contributed by atoms with Crippen molar-refractivity contribution in [3.05, 3.63) is 65.2 Å². The first kappa shape index (κ1) is 13.1. The molecule has 2 aromatic rings. The van der Waals surface area contributed by atoms with Crippen molar-refractivity contribution in [3.8, 4) is 5.75 Å². The third-order valence-electron chi connectivity index (χ3n) is 2.94. The minimum atomic E-state index is -0.951. The molecule has 3 nitrogen and oxygen atoms in total. The largest absolute Gasteiger partial charge is 0.492 e. The van der Waals surface area contributed by atoms with Gasteiger partial charge in [-0.3, -0.25) is 0 Å². The van der Waals surface area contributed by atoms with E-state index in [1.165, 1.54) is 5.56 Å². The van der Waals surface area contributed by atoms with Crippen molar-refractivity contribution >= 4 is 5.97 Å². The predicted molar refractivity (Wildman–Crippen MR) is 73.8 cm³/mol. The molecule has 0 aliphatic heterocycles. The number of aryl methyl sites for hydroxylation is 1. The number of rotatable bonds is 5. The van der Waals surface area contributed by atoms with Gasteiger partial charge in [-0.2, -0.15) is 0 Å².